The number of carbonyl (C=O) groups excluding carboxylic acids is 1. The number of halogens is 4. The summed E-state index contributed by atoms with van der Waals surface area (Å²) in [5, 5.41) is 2.49. The molecule has 0 radical (unpaired) electrons. The number of methoxy groups -OCH3 is 1. The van der Waals surface area contributed by atoms with E-state index >= 15 is 0 Å². The van der Waals surface area contributed by atoms with Crippen LogP contribution < -0.4 is 11.1 Å². The summed E-state index contributed by atoms with van der Waals surface area (Å²) in [4.78, 5) is 16.1. The number of sulfone groups is 1. The average Bonchev–Trinajstić information content (AvgIpc) is 2.72. The Morgan fingerprint density at radius 2 is 1.88 bits per heavy atom. The lowest BCUT2D eigenvalue weighted by molar-refractivity contribution is -0.137. The van der Waals surface area contributed by atoms with E-state index in [0.29, 0.717) is 0 Å². The number of nitrogens with two attached hydrogens (primary N) is 1. The van der Waals surface area contributed by atoms with Crippen LogP contribution in [0.15, 0.2) is 47.5 Å². The molecule has 0 saturated heterocycles. The quantitative estimate of drug-likeness (QED) is 0.611. The molecule has 0 fully saturated rings. The minimum absolute atomic E-state index is 0.152. The second-order valence-corrected chi connectivity index (χ2v) is 10.7. The van der Waals surface area contributed by atoms with Crippen LogP contribution in [0.1, 0.15) is 30.5 Å². The fourth-order valence-corrected chi connectivity index (χ4v) is 5.98. The summed E-state index contributed by atoms with van der Waals surface area (Å²) in [6.45, 7) is 2.27. The van der Waals surface area contributed by atoms with E-state index in [2.05, 4.69) is 10.3 Å². The van der Waals surface area contributed by atoms with Crippen LogP contribution in [0.25, 0.3) is 0 Å². The number of amidine groups is 1. The van der Waals surface area contributed by atoms with Crippen LogP contribution in [0.5, 0.6) is 0 Å². The van der Waals surface area contributed by atoms with Crippen molar-refractivity contribution in [1.82, 2.24) is 0 Å². The molecule has 0 aromatic heterocycles. The zero-order valence-electron chi connectivity index (χ0n) is 18.5. The Hall–Kier alpha value is -2.99. The van der Waals surface area contributed by atoms with Crippen LogP contribution in [0.3, 0.4) is 0 Å². The first-order valence-electron chi connectivity index (χ1n) is 9.99. The average molecular weight is 502 g/mol. The third-order valence-corrected chi connectivity index (χ3v) is 8.43. The van der Waals surface area contributed by atoms with Gasteiger partial charge in [0.05, 0.1) is 11.3 Å². The first kappa shape index (κ1) is 25.6. The van der Waals surface area contributed by atoms with E-state index in [1.807, 2.05) is 0 Å². The smallest absolute Gasteiger partial charge is 0.386 e. The number of hydrogen-bond donors (Lipinski definition) is 2. The normalized spacial score (nSPS) is 24.4. The van der Waals surface area contributed by atoms with Gasteiger partial charge in [-0.15, -0.1) is 0 Å². The van der Waals surface area contributed by atoms with Crippen molar-refractivity contribution in [2.45, 2.75) is 30.3 Å². The van der Waals surface area contributed by atoms with Crippen LogP contribution in [0.2, 0.25) is 0 Å². The lowest BCUT2D eigenvalue weighted by Crippen LogP contribution is -2.54. The maximum atomic E-state index is 14.8. The molecule has 2 aromatic carbocycles. The molecule has 7 nitrogen and oxygen atoms in total. The van der Waals surface area contributed by atoms with Crippen molar-refractivity contribution in [2.75, 3.05) is 24.8 Å². The largest absolute Gasteiger partial charge is 0.416 e. The standard InChI is InChI=1S/C22H23F4N3O4S/c1-20(16-10-15(7-8-17(16)23)28-18(30)11-33-3)12-34(31,32)21(2,19(27)29-20)13-5-4-6-14(9-13)22(24,25)26/h4-10H,11-12H2,1-3H3,(H2,27,29)(H,28,30). The molecule has 0 spiro atoms. The van der Waals surface area contributed by atoms with Crippen molar-refractivity contribution in [3.63, 3.8) is 0 Å². The molecular weight excluding hydrogens is 478 g/mol. The molecular formula is C22H23F4N3O4S. The van der Waals surface area contributed by atoms with Crippen LogP contribution in [0, 0.1) is 5.82 Å². The van der Waals surface area contributed by atoms with Gasteiger partial charge in [-0.05, 0) is 49.7 Å². The number of rotatable bonds is 5. The zero-order chi connectivity index (χ0) is 25.5. The molecule has 2 atom stereocenters. The molecule has 0 aliphatic carbocycles. The van der Waals surface area contributed by atoms with Crippen LogP contribution in [0.4, 0.5) is 23.2 Å². The van der Waals surface area contributed by atoms with Crippen molar-refractivity contribution in [3.05, 3.63) is 65.0 Å². The highest BCUT2D eigenvalue weighted by Crippen LogP contribution is 2.44. The Morgan fingerprint density at radius 3 is 2.47 bits per heavy atom. The van der Waals surface area contributed by atoms with Gasteiger partial charge in [-0.1, -0.05) is 12.1 Å². The van der Waals surface area contributed by atoms with Gasteiger partial charge in [0.25, 0.3) is 0 Å². The summed E-state index contributed by atoms with van der Waals surface area (Å²) in [5.41, 5.74) is 3.17. The van der Waals surface area contributed by atoms with Gasteiger partial charge in [-0.2, -0.15) is 13.2 Å². The molecule has 34 heavy (non-hydrogen) atoms. The number of amides is 1. The number of alkyl halides is 3. The SMILES string of the molecule is COCC(=O)Nc1ccc(F)c(C2(C)CS(=O)(=O)C(C)(c3cccc(C(F)(F)F)c3)C(N)=N2)c1. The van der Waals surface area contributed by atoms with Crippen molar-refractivity contribution < 1.29 is 35.5 Å². The minimum atomic E-state index is -4.69. The zero-order valence-corrected chi connectivity index (χ0v) is 19.3. The molecule has 1 amide bonds. The lowest BCUT2D eigenvalue weighted by Gasteiger charge is -2.40. The first-order valence-corrected chi connectivity index (χ1v) is 11.6. The van der Waals surface area contributed by atoms with Gasteiger partial charge in [-0.25, -0.2) is 12.8 Å². The molecule has 2 unspecified atom stereocenters. The van der Waals surface area contributed by atoms with E-state index in [1.165, 1.54) is 39.2 Å². The number of carbonyl (C=O) groups is 1. The Balaban J connectivity index is 2.12. The van der Waals surface area contributed by atoms with E-state index in [9.17, 15) is 30.8 Å². The van der Waals surface area contributed by atoms with Crippen molar-refractivity contribution in [1.29, 1.82) is 0 Å². The fraction of sp³-hybridized carbons (Fsp3) is 0.364. The van der Waals surface area contributed by atoms with E-state index < -0.39 is 55.2 Å². The van der Waals surface area contributed by atoms with Gasteiger partial charge in [0.1, 0.15) is 23.8 Å². The Kier molecular flexibility index (Phi) is 6.53. The molecule has 3 rings (SSSR count). The number of hydrogen-bond acceptors (Lipinski definition) is 6. The molecule has 1 aliphatic heterocycles. The molecule has 184 valence electrons. The summed E-state index contributed by atoms with van der Waals surface area (Å²) in [7, 11) is -2.98. The molecule has 0 saturated carbocycles. The summed E-state index contributed by atoms with van der Waals surface area (Å²) >= 11 is 0. The summed E-state index contributed by atoms with van der Waals surface area (Å²) in [6, 6.07) is 7.42. The number of benzene rings is 2. The topological polar surface area (TPSA) is 111 Å². The van der Waals surface area contributed by atoms with Gasteiger partial charge in [0, 0.05) is 18.4 Å². The van der Waals surface area contributed by atoms with Gasteiger partial charge in [0.2, 0.25) is 5.91 Å². The summed E-state index contributed by atoms with van der Waals surface area (Å²) in [6.07, 6.45) is -4.69. The molecule has 1 aliphatic rings. The van der Waals surface area contributed by atoms with Gasteiger partial charge in [0.15, 0.2) is 14.6 Å². The number of nitrogens with zero attached hydrogens (tertiary/aromatic N) is 1. The third-order valence-electron chi connectivity index (χ3n) is 5.80. The number of anilines is 1. The lowest BCUT2D eigenvalue weighted by atomic mass is 9.91. The van der Waals surface area contributed by atoms with Crippen molar-refractivity contribution in [2.24, 2.45) is 10.7 Å². The predicted molar refractivity (Wildman–Crippen MR) is 118 cm³/mol. The second kappa shape index (κ2) is 8.66. The molecule has 1 heterocycles. The van der Waals surface area contributed by atoms with Crippen molar-refractivity contribution >= 4 is 27.3 Å². The minimum Gasteiger partial charge on any atom is -0.386 e. The van der Waals surface area contributed by atoms with Gasteiger partial charge >= 0.3 is 6.18 Å². The molecule has 2 aromatic rings. The number of nitrogens with one attached hydrogen (secondary N) is 1. The highest BCUT2D eigenvalue weighted by molar-refractivity contribution is 7.93. The highest BCUT2D eigenvalue weighted by Gasteiger charge is 2.53. The summed E-state index contributed by atoms with van der Waals surface area (Å²) in [5.74, 6) is -2.52. The predicted octanol–water partition coefficient (Wildman–Crippen LogP) is 3.35. The Labute approximate surface area is 193 Å². The molecule has 0 bridgehead atoms. The van der Waals surface area contributed by atoms with Gasteiger partial charge < -0.3 is 15.8 Å². The number of aliphatic imine (C=N–C) groups is 1. The van der Waals surface area contributed by atoms with Crippen LogP contribution in [-0.4, -0.2) is 39.6 Å². The Morgan fingerprint density at radius 1 is 1.21 bits per heavy atom. The van der Waals surface area contributed by atoms with Crippen molar-refractivity contribution in [3.8, 4) is 0 Å². The third kappa shape index (κ3) is 4.51. The van der Waals surface area contributed by atoms with Gasteiger partial charge in [-0.3, -0.25) is 9.79 Å². The molecule has 12 heteroatoms. The summed E-state index contributed by atoms with van der Waals surface area (Å²) < 4.78 is 84.1. The van der Waals surface area contributed by atoms with E-state index in [1.54, 1.807) is 0 Å². The van der Waals surface area contributed by atoms with E-state index in [0.717, 1.165) is 24.3 Å². The van der Waals surface area contributed by atoms with Crippen LogP contribution in [-0.2, 0) is 35.8 Å². The maximum Gasteiger partial charge on any atom is 0.416 e. The fourth-order valence-electron chi connectivity index (χ4n) is 3.88. The van der Waals surface area contributed by atoms with E-state index in [-0.39, 0.29) is 23.4 Å². The second-order valence-electron chi connectivity index (χ2n) is 8.32. The van der Waals surface area contributed by atoms with Crippen LogP contribution >= 0.6 is 0 Å². The first-order chi connectivity index (χ1) is 15.6. The highest BCUT2D eigenvalue weighted by atomic mass is 32.2. The number of ether oxygens (including phenoxy) is 1. The maximum absolute atomic E-state index is 14.8. The molecule has 3 N–H and O–H groups in total. The van der Waals surface area contributed by atoms with E-state index in [4.69, 9.17) is 10.5 Å². The Bertz CT molecular complexity index is 1260. The monoisotopic (exact) mass is 501 g/mol.